The first-order valence-corrected chi connectivity index (χ1v) is 8.75. The molecule has 0 saturated heterocycles. The first-order valence-electron chi connectivity index (χ1n) is 6.26. The maximum atomic E-state index is 2.36. The Morgan fingerprint density at radius 2 is 1.42 bits per heavy atom. The van der Waals surface area contributed by atoms with Crippen molar-refractivity contribution in [3.8, 4) is 0 Å². The number of nitrogens with zero attached hydrogens (tertiary/aromatic N) is 1. The molecule has 1 aliphatic rings. The number of halogens is 1. The average molecular weight is 357 g/mol. The van der Waals surface area contributed by atoms with Gasteiger partial charge in [0.05, 0.1) is 11.0 Å². The standard InChI is InChI=1S/C17H12IN/c1-3-7-16-14(5-1)15-6-2-4-8-17(15)19(16)13-9-11-18-12-10-13/h1-12H. The highest BCUT2D eigenvalue weighted by Crippen LogP contribution is 2.32. The van der Waals surface area contributed by atoms with E-state index in [9.17, 15) is 0 Å². The minimum Gasteiger partial charge on any atom is -0.309 e. The Balaban J connectivity index is 2.20. The maximum Gasteiger partial charge on any atom is 0.0541 e. The van der Waals surface area contributed by atoms with Crippen LogP contribution in [0.5, 0.6) is 0 Å². The van der Waals surface area contributed by atoms with Gasteiger partial charge in [-0.3, -0.25) is 0 Å². The van der Waals surface area contributed by atoms with Crippen molar-refractivity contribution in [2.24, 2.45) is 0 Å². The van der Waals surface area contributed by atoms with Crippen LogP contribution in [0.2, 0.25) is 0 Å². The smallest absolute Gasteiger partial charge is 0.0541 e. The Morgan fingerprint density at radius 1 is 0.789 bits per heavy atom. The zero-order valence-electron chi connectivity index (χ0n) is 10.3. The molecule has 0 spiro atoms. The van der Waals surface area contributed by atoms with Gasteiger partial charge in [0.1, 0.15) is 0 Å². The summed E-state index contributed by atoms with van der Waals surface area (Å²) in [6.45, 7) is 0. The number of aromatic nitrogens is 1. The van der Waals surface area contributed by atoms with Gasteiger partial charge in [-0.2, -0.15) is 0 Å². The molecule has 2 aromatic carbocycles. The number of benzene rings is 2. The minimum atomic E-state index is 0.127. The van der Waals surface area contributed by atoms with Crippen molar-refractivity contribution in [3.05, 3.63) is 64.8 Å². The Kier molecular flexibility index (Phi) is 2.62. The van der Waals surface area contributed by atoms with Gasteiger partial charge in [0.15, 0.2) is 0 Å². The van der Waals surface area contributed by atoms with E-state index in [4.69, 9.17) is 0 Å². The van der Waals surface area contributed by atoms with Crippen molar-refractivity contribution < 1.29 is 0 Å². The summed E-state index contributed by atoms with van der Waals surface area (Å²) in [4.78, 5) is 0. The normalized spacial score (nSPS) is 14.6. The third-order valence-electron chi connectivity index (χ3n) is 3.45. The van der Waals surface area contributed by atoms with Crippen molar-refractivity contribution in [1.82, 2.24) is 4.57 Å². The molecule has 92 valence electrons. The molecule has 1 aliphatic heterocycles. The molecular formula is C17H12IN. The quantitative estimate of drug-likeness (QED) is 0.544. The fourth-order valence-corrected chi connectivity index (χ4v) is 4.04. The molecule has 0 unspecified atom stereocenters. The third-order valence-corrected chi connectivity index (χ3v) is 5.00. The second kappa shape index (κ2) is 4.46. The highest BCUT2D eigenvalue weighted by atomic mass is 127. The van der Waals surface area contributed by atoms with E-state index >= 15 is 0 Å². The molecule has 0 saturated carbocycles. The first-order chi connectivity index (χ1) is 9.45. The number of para-hydroxylation sites is 2. The van der Waals surface area contributed by atoms with Crippen LogP contribution >= 0.6 is 20.7 Å². The zero-order valence-corrected chi connectivity index (χ0v) is 12.4. The van der Waals surface area contributed by atoms with Crippen LogP contribution in [0, 0.1) is 0 Å². The van der Waals surface area contributed by atoms with Gasteiger partial charge < -0.3 is 4.57 Å². The molecule has 0 amide bonds. The van der Waals surface area contributed by atoms with Crippen LogP contribution in [-0.2, 0) is 0 Å². The van der Waals surface area contributed by atoms with Crippen LogP contribution in [0.4, 0.5) is 0 Å². The summed E-state index contributed by atoms with van der Waals surface area (Å²) in [5.41, 5.74) is 3.84. The van der Waals surface area contributed by atoms with Crippen molar-refractivity contribution in [2.75, 3.05) is 0 Å². The van der Waals surface area contributed by atoms with Crippen LogP contribution in [0.25, 0.3) is 27.5 Å². The summed E-state index contributed by atoms with van der Waals surface area (Å²) >= 11 is 0.127. The predicted molar refractivity (Wildman–Crippen MR) is 92.9 cm³/mol. The number of hydrogen-bond donors (Lipinski definition) is 0. The second-order valence-corrected chi connectivity index (χ2v) is 6.66. The number of rotatable bonds is 1. The Bertz CT molecular complexity index is 812. The number of allylic oxidation sites excluding steroid dienone is 3. The first kappa shape index (κ1) is 11.2. The largest absolute Gasteiger partial charge is 0.309 e. The molecule has 19 heavy (non-hydrogen) atoms. The summed E-state index contributed by atoms with van der Waals surface area (Å²) < 4.78 is 7.00. The Labute approximate surface area is 121 Å². The van der Waals surface area contributed by atoms with Gasteiger partial charge in [0.2, 0.25) is 0 Å². The molecular weight excluding hydrogens is 345 g/mol. The van der Waals surface area contributed by atoms with Crippen molar-refractivity contribution >= 4 is 52.2 Å². The molecule has 0 atom stereocenters. The topological polar surface area (TPSA) is 4.93 Å². The third kappa shape index (κ3) is 1.70. The lowest BCUT2D eigenvalue weighted by molar-refractivity contribution is 1.24. The Morgan fingerprint density at radius 3 is 2.00 bits per heavy atom. The van der Waals surface area contributed by atoms with Gasteiger partial charge >= 0.3 is 0 Å². The lowest BCUT2D eigenvalue weighted by Crippen LogP contribution is -1.95. The molecule has 0 radical (unpaired) electrons. The van der Waals surface area contributed by atoms with E-state index in [-0.39, 0.29) is 20.7 Å². The van der Waals surface area contributed by atoms with Gasteiger partial charge in [-0.05, 0) is 32.4 Å². The fourth-order valence-electron chi connectivity index (χ4n) is 2.65. The van der Waals surface area contributed by atoms with Crippen LogP contribution < -0.4 is 0 Å². The van der Waals surface area contributed by atoms with Crippen LogP contribution in [0.15, 0.2) is 64.8 Å². The summed E-state index contributed by atoms with van der Waals surface area (Å²) in [5.74, 6) is 0. The number of hydrogen-bond acceptors (Lipinski definition) is 0. The van der Waals surface area contributed by atoms with E-state index < -0.39 is 0 Å². The van der Waals surface area contributed by atoms with Crippen LogP contribution in [-0.4, -0.2) is 8.58 Å². The van der Waals surface area contributed by atoms with Gasteiger partial charge in [-0.1, -0.05) is 57.1 Å². The van der Waals surface area contributed by atoms with E-state index in [1.165, 1.54) is 27.5 Å². The van der Waals surface area contributed by atoms with E-state index in [1.54, 1.807) is 0 Å². The molecule has 4 rings (SSSR count). The lowest BCUT2D eigenvalue weighted by atomic mass is 10.2. The molecule has 0 fully saturated rings. The van der Waals surface area contributed by atoms with Crippen molar-refractivity contribution in [3.63, 3.8) is 0 Å². The average Bonchev–Trinajstić information content (AvgIpc) is 2.83. The highest BCUT2D eigenvalue weighted by Gasteiger charge is 2.11. The molecule has 2 heteroatoms. The fraction of sp³-hybridized carbons (Fsp3) is 0. The molecule has 0 aliphatic carbocycles. The molecule has 2 heterocycles. The lowest BCUT2D eigenvalue weighted by Gasteiger charge is -2.09. The molecule has 1 nitrogen and oxygen atoms in total. The van der Waals surface area contributed by atoms with Gasteiger partial charge in [-0.15, -0.1) is 0 Å². The predicted octanol–water partition coefficient (Wildman–Crippen LogP) is 4.94. The molecule has 3 aromatic rings. The summed E-state index contributed by atoms with van der Waals surface area (Å²) in [5, 5.41) is 2.65. The monoisotopic (exact) mass is 357 g/mol. The van der Waals surface area contributed by atoms with E-state index in [0.717, 1.165) is 0 Å². The second-order valence-electron chi connectivity index (χ2n) is 4.51. The van der Waals surface area contributed by atoms with Crippen LogP contribution in [0.1, 0.15) is 0 Å². The van der Waals surface area contributed by atoms with Crippen molar-refractivity contribution in [1.29, 1.82) is 0 Å². The SMILES string of the molecule is C1=CC(n2c3ccccc3c3ccccc32)=CC=I1. The summed E-state index contributed by atoms with van der Waals surface area (Å²) in [6.07, 6.45) is 4.51. The zero-order chi connectivity index (χ0) is 12.7. The Hall–Kier alpha value is -1.68. The minimum absolute atomic E-state index is 0.127. The summed E-state index contributed by atoms with van der Waals surface area (Å²) in [6, 6.07) is 17.3. The van der Waals surface area contributed by atoms with Gasteiger partial charge in [0.25, 0.3) is 0 Å². The molecule has 0 bridgehead atoms. The van der Waals surface area contributed by atoms with E-state index in [0.29, 0.717) is 0 Å². The molecule has 1 aromatic heterocycles. The highest BCUT2D eigenvalue weighted by molar-refractivity contribution is 14.2. The van der Waals surface area contributed by atoms with Gasteiger partial charge in [0, 0.05) is 16.5 Å². The summed E-state index contributed by atoms with van der Waals surface area (Å²) in [7, 11) is 0. The van der Waals surface area contributed by atoms with Gasteiger partial charge in [-0.25, -0.2) is 0 Å². The van der Waals surface area contributed by atoms with Crippen molar-refractivity contribution in [2.45, 2.75) is 0 Å². The molecule has 0 N–H and O–H groups in total. The van der Waals surface area contributed by atoms with E-state index in [2.05, 4.69) is 73.3 Å². The maximum absolute atomic E-state index is 2.36. The van der Waals surface area contributed by atoms with E-state index in [1.807, 2.05) is 0 Å². The number of fused-ring (bicyclic) bond motifs is 3. The van der Waals surface area contributed by atoms with Crippen LogP contribution in [0.3, 0.4) is 0 Å².